The summed E-state index contributed by atoms with van der Waals surface area (Å²) in [6, 6.07) is 0.909. The second-order valence-electron chi connectivity index (χ2n) is 7.18. The summed E-state index contributed by atoms with van der Waals surface area (Å²) < 4.78 is 0. The second kappa shape index (κ2) is 8.26. The lowest BCUT2D eigenvalue weighted by molar-refractivity contribution is 0.169. The highest BCUT2D eigenvalue weighted by atomic mass is 15.2. The fourth-order valence-electron chi connectivity index (χ4n) is 3.91. The van der Waals surface area contributed by atoms with Crippen molar-refractivity contribution in [1.29, 1.82) is 0 Å². The van der Waals surface area contributed by atoms with E-state index < -0.39 is 0 Å². The molecule has 1 heterocycles. The summed E-state index contributed by atoms with van der Waals surface area (Å²) in [7, 11) is 0. The van der Waals surface area contributed by atoms with Crippen LogP contribution in [0.2, 0.25) is 0 Å². The monoisotopic (exact) mass is 266 g/mol. The van der Waals surface area contributed by atoms with Crippen molar-refractivity contribution in [1.82, 2.24) is 10.2 Å². The van der Waals surface area contributed by atoms with Crippen LogP contribution in [-0.2, 0) is 0 Å². The smallest absolute Gasteiger partial charge is 0.00953 e. The Morgan fingerprint density at radius 1 is 1.11 bits per heavy atom. The molecule has 2 fully saturated rings. The largest absolute Gasteiger partial charge is 0.316 e. The lowest BCUT2D eigenvalue weighted by atomic mass is 9.94. The molecule has 0 amide bonds. The van der Waals surface area contributed by atoms with E-state index in [1.165, 1.54) is 77.5 Å². The van der Waals surface area contributed by atoms with Gasteiger partial charge in [-0.15, -0.1) is 0 Å². The number of hydrogen-bond donors (Lipinski definition) is 1. The molecule has 0 radical (unpaired) electrons. The van der Waals surface area contributed by atoms with Gasteiger partial charge in [-0.3, -0.25) is 0 Å². The Kier molecular flexibility index (Phi) is 6.66. The van der Waals surface area contributed by atoms with Gasteiger partial charge in [0.25, 0.3) is 0 Å². The Balaban J connectivity index is 1.69. The molecule has 0 aromatic rings. The summed E-state index contributed by atoms with van der Waals surface area (Å²) in [5, 5.41) is 3.55. The minimum Gasteiger partial charge on any atom is -0.316 e. The first-order chi connectivity index (χ1) is 9.25. The lowest BCUT2D eigenvalue weighted by Crippen LogP contribution is -2.37. The third kappa shape index (κ3) is 5.43. The maximum absolute atomic E-state index is 3.55. The van der Waals surface area contributed by atoms with Crippen LogP contribution in [0, 0.1) is 11.8 Å². The summed E-state index contributed by atoms with van der Waals surface area (Å²) in [6.45, 7) is 9.92. The van der Waals surface area contributed by atoms with Crippen LogP contribution in [0.4, 0.5) is 0 Å². The molecule has 1 N–H and O–H groups in total. The third-order valence-electron chi connectivity index (χ3n) is 4.90. The van der Waals surface area contributed by atoms with E-state index in [0.29, 0.717) is 0 Å². The normalized spacial score (nSPS) is 25.6. The van der Waals surface area contributed by atoms with Crippen molar-refractivity contribution < 1.29 is 0 Å². The molecule has 1 unspecified atom stereocenters. The Hall–Kier alpha value is -0.0800. The quantitative estimate of drug-likeness (QED) is 0.756. The van der Waals surface area contributed by atoms with E-state index in [9.17, 15) is 0 Å². The van der Waals surface area contributed by atoms with Gasteiger partial charge in [-0.05, 0) is 70.0 Å². The minimum absolute atomic E-state index is 0.817. The number of piperidine rings is 1. The molecule has 1 aliphatic heterocycles. The molecule has 1 atom stereocenters. The average Bonchev–Trinajstić information content (AvgIpc) is 2.92. The maximum Gasteiger partial charge on any atom is 0.00953 e. The molecule has 0 aromatic heterocycles. The van der Waals surface area contributed by atoms with Gasteiger partial charge in [0.15, 0.2) is 0 Å². The Labute approximate surface area is 120 Å². The van der Waals surface area contributed by atoms with Crippen molar-refractivity contribution in [2.45, 2.75) is 71.3 Å². The van der Waals surface area contributed by atoms with Gasteiger partial charge in [0.05, 0.1) is 0 Å². The fourth-order valence-corrected chi connectivity index (χ4v) is 3.91. The predicted octanol–water partition coefficient (Wildman–Crippen LogP) is 3.67. The molecule has 2 rings (SSSR count). The van der Waals surface area contributed by atoms with Crippen molar-refractivity contribution in [2.75, 3.05) is 26.2 Å². The van der Waals surface area contributed by atoms with Crippen molar-refractivity contribution >= 4 is 0 Å². The number of rotatable bonds is 7. The van der Waals surface area contributed by atoms with E-state index in [2.05, 4.69) is 24.1 Å². The number of nitrogens with zero attached hydrogens (tertiary/aromatic N) is 1. The lowest BCUT2D eigenvalue weighted by Gasteiger charge is -2.31. The van der Waals surface area contributed by atoms with Crippen LogP contribution in [0.25, 0.3) is 0 Å². The Morgan fingerprint density at radius 2 is 1.89 bits per heavy atom. The Morgan fingerprint density at radius 3 is 2.53 bits per heavy atom. The van der Waals surface area contributed by atoms with Crippen LogP contribution in [0.1, 0.15) is 65.2 Å². The van der Waals surface area contributed by atoms with Crippen LogP contribution >= 0.6 is 0 Å². The number of hydrogen-bond acceptors (Lipinski definition) is 2. The zero-order valence-corrected chi connectivity index (χ0v) is 13.2. The summed E-state index contributed by atoms with van der Waals surface area (Å²) in [6.07, 6.45) is 11.5. The van der Waals surface area contributed by atoms with E-state index in [0.717, 1.165) is 17.9 Å². The molecular weight excluding hydrogens is 232 g/mol. The van der Waals surface area contributed by atoms with Crippen LogP contribution in [-0.4, -0.2) is 37.1 Å². The highest BCUT2D eigenvalue weighted by molar-refractivity contribution is 4.79. The summed E-state index contributed by atoms with van der Waals surface area (Å²) in [4.78, 5) is 2.81. The van der Waals surface area contributed by atoms with Crippen molar-refractivity contribution in [3.05, 3.63) is 0 Å². The second-order valence-corrected chi connectivity index (χ2v) is 7.18. The van der Waals surface area contributed by atoms with Crippen LogP contribution in [0.5, 0.6) is 0 Å². The van der Waals surface area contributed by atoms with Gasteiger partial charge in [-0.2, -0.15) is 0 Å². The standard InChI is InChI=1S/C17H34N2/c1-15(2)14-19(17-9-3-4-10-17)12-6-8-16-7-5-11-18-13-16/h15-18H,3-14H2,1-2H3. The predicted molar refractivity (Wildman–Crippen MR) is 83.5 cm³/mol. The van der Waals surface area contributed by atoms with Crippen molar-refractivity contribution in [3.63, 3.8) is 0 Å². The molecule has 2 nitrogen and oxygen atoms in total. The highest BCUT2D eigenvalue weighted by Crippen LogP contribution is 2.25. The summed E-state index contributed by atoms with van der Waals surface area (Å²) >= 11 is 0. The van der Waals surface area contributed by atoms with Gasteiger partial charge in [0, 0.05) is 12.6 Å². The van der Waals surface area contributed by atoms with Crippen LogP contribution < -0.4 is 5.32 Å². The highest BCUT2D eigenvalue weighted by Gasteiger charge is 2.23. The maximum atomic E-state index is 3.55. The molecule has 0 aromatic carbocycles. The van der Waals surface area contributed by atoms with Gasteiger partial charge in [0.1, 0.15) is 0 Å². The molecule has 1 aliphatic carbocycles. The molecule has 1 saturated carbocycles. The average molecular weight is 266 g/mol. The zero-order chi connectivity index (χ0) is 13.5. The van der Waals surface area contributed by atoms with Crippen molar-refractivity contribution in [2.24, 2.45) is 11.8 Å². The fraction of sp³-hybridized carbons (Fsp3) is 1.00. The SMILES string of the molecule is CC(C)CN(CCCC1CCCNC1)C1CCCC1. The van der Waals surface area contributed by atoms with Gasteiger partial charge >= 0.3 is 0 Å². The van der Waals surface area contributed by atoms with Gasteiger partial charge in [0.2, 0.25) is 0 Å². The molecule has 2 heteroatoms. The summed E-state index contributed by atoms with van der Waals surface area (Å²) in [5.41, 5.74) is 0. The molecule has 0 bridgehead atoms. The van der Waals surface area contributed by atoms with E-state index in [1.807, 2.05) is 0 Å². The van der Waals surface area contributed by atoms with Gasteiger partial charge < -0.3 is 10.2 Å². The number of nitrogens with one attached hydrogen (secondary N) is 1. The molecule has 2 aliphatic rings. The molecular formula is C17H34N2. The van der Waals surface area contributed by atoms with Gasteiger partial charge in [-0.25, -0.2) is 0 Å². The van der Waals surface area contributed by atoms with E-state index in [-0.39, 0.29) is 0 Å². The van der Waals surface area contributed by atoms with E-state index in [4.69, 9.17) is 0 Å². The van der Waals surface area contributed by atoms with Gasteiger partial charge in [-0.1, -0.05) is 26.7 Å². The van der Waals surface area contributed by atoms with E-state index in [1.54, 1.807) is 0 Å². The third-order valence-corrected chi connectivity index (χ3v) is 4.90. The first-order valence-corrected chi connectivity index (χ1v) is 8.70. The van der Waals surface area contributed by atoms with E-state index >= 15 is 0 Å². The first kappa shape index (κ1) is 15.3. The molecule has 1 saturated heterocycles. The summed E-state index contributed by atoms with van der Waals surface area (Å²) in [5.74, 6) is 1.77. The van der Waals surface area contributed by atoms with Crippen LogP contribution in [0.3, 0.4) is 0 Å². The first-order valence-electron chi connectivity index (χ1n) is 8.70. The minimum atomic E-state index is 0.817. The molecule has 19 heavy (non-hydrogen) atoms. The topological polar surface area (TPSA) is 15.3 Å². The van der Waals surface area contributed by atoms with Crippen LogP contribution in [0.15, 0.2) is 0 Å². The molecule has 0 spiro atoms. The molecule has 112 valence electrons. The Bertz CT molecular complexity index is 227. The zero-order valence-electron chi connectivity index (χ0n) is 13.2. The van der Waals surface area contributed by atoms with Crippen molar-refractivity contribution in [3.8, 4) is 0 Å².